The van der Waals surface area contributed by atoms with Gasteiger partial charge in [0.25, 0.3) is 10.1 Å². The highest BCUT2D eigenvalue weighted by Crippen LogP contribution is 2.57. The number of nitrogens with zero attached hydrogens (tertiary/aromatic N) is 6. The van der Waals surface area contributed by atoms with Gasteiger partial charge in [-0.2, -0.15) is 27.1 Å². The lowest BCUT2D eigenvalue weighted by atomic mass is 10.1. The molecule has 372 valence electrons. The largest absolute Gasteiger partial charge is 0.504 e. The molecule has 0 amide bonds. The van der Waals surface area contributed by atoms with Crippen LogP contribution < -0.4 is 0 Å². The van der Waals surface area contributed by atoms with Crippen LogP contribution >= 0.6 is 36.4 Å². The van der Waals surface area contributed by atoms with Crippen molar-refractivity contribution in [3.05, 3.63) is 72.8 Å². The molecule has 0 aliphatic rings. The second-order valence-electron chi connectivity index (χ2n) is 12.5. The van der Waals surface area contributed by atoms with Gasteiger partial charge in [-0.25, -0.2) is 36.8 Å². The average molecular weight is 1110 g/mol. The molecule has 0 radical (unpaired) electrons. The first-order valence-corrected chi connectivity index (χ1v) is 25.8. The van der Waals surface area contributed by atoms with Crippen molar-refractivity contribution in [2.45, 2.75) is 24.5 Å². The summed E-state index contributed by atoms with van der Waals surface area (Å²) < 4.78 is 138. The minimum atomic E-state index is -4.99. The normalized spacial score (nSPS) is 12.9. The third-order valence-corrected chi connectivity index (χ3v) is 14.6. The van der Waals surface area contributed by atoms with Gasteiger partial charge in [0, 0.05) is 10.3 Å². The molecule has 37 heteroatoms. The zero-order valence-corrected chi connectivity index (χ0v) is 39.1. The summed E-state index contributed by atoms with van der Waals surface area (Å²) in [5, 5.41) is 93.5. The number of fused-ring (bicyclic) bond motifs is 1. The van der Waals surface area contributed by atoms with Crippen molar-refractivity contribution in [1.82, 2.24) is 0 Å². The molecule has 0 bridgehead atoms. The number of phenols is 3. The van der Waals surface area contributed by atoms with Crippen LogP contribution in [0.5, 0.6) is 17.2 Å². The first-order chi connectivity index (χ1) is 32.6. The van der Waals surface area contributed by atoms with Gasteiger partial charge in [0.1, 0.15) is 10.6 Å². The van der Waals surface area contributed by atoms with Crippen LogP contribution in [0.25, 0.3) is 10.8 Å². The molecular weight excluding hydrogens is 1080 g/mol. The van der Waals surface area contributed by atoms with Crippen LogP contribution in [0.15, 0.2) is 128 Å². The van der Waals surface area contributed by atoms with Gasteiger partial charge >= 0.3 is 10.4 Å². The molecule has 0 unspecified atom stereocenters. The maximum atomic E-state index is 12.9. The lowest BCUT2D eigenvalue weighted by molar-refractivity contribution is -0.434. The molecular formula is C32H28N6O24S7. The third-order valence-electron chi connectivity index (χ3n) is 8.24. The number of azo groups is 3. The van der Waals surface area contributed by atoms with Gasteiger partial charge in [-0.1, -0.05) is 27.2 Å². The van der Waals surface area contributed by atoms with Crippen LogP contribution in [0, 0.1) is 0 Å². The monoisotopic (exact) mass is 1100 g/mol. The fourth-order valence-electron chi connectivity index (χ4n) is 5.29. The molecule has 5 aromatic rings. The van der Waals surface area contributed by atoms with Crippen LogP contribution in [0.4, 0.5) is 34.1 Å². The average Bonchev–Trinajstić information content (AvgIpc) is 3.29. The van der Waals surface area contributed by atoms with E-state index in [1.54, 1.807) is 0 Å². The topological polar surface area (TPSA) is 446 Å². The molecule has 0 spiro atoms. The lowest BCUT2D eigenvalue weighted by Gasteiger charge is -2.11. The van der Waals surface area contributed by atoms with E-state index in [4.69, 9.17) is 24.5 Å². The zero-order valence-electron chi connectivity index (χ0n) is 33.4. The van der Waals surface area contributed by atoms with Crippen molar-refractivity contribution >= 4 is 121 Å². The van der Waals surface area contributed by atoms with Crippen molar-refractivity contribution < 1.29 is 110 Å². The SMILES string of the molecule is O=S(=O)(O)OCCS(=O)(=O)c1ccc(N=Nc2c(O)c(N=Nc3ccc(S(=O)(=O)CCOSOOO)cc3)c(O)c(N=Nc3cc(SOOO)c4cccc(S(=O)(=O)O)c4c3)c2O)c(SOOO)c1. The van der Waals surface area contributed by atoms with Gasteiger partial charge in [-0.15, -0.1) is 33.5 Å². The predicted octanol–water partition coefficient (Wildman–Crippen LogP) is 7.67. The molecule has 0 atom stereocenters. The lowest BCUT2D eigenvalue weighted by Crippen LogP contribution is -2.15. The smallest absolute Gasteiger partial charge is 0.397 e. The maximum absolute atomic E-state index is 12.9. The van der Waals surface area contributed by atoms with Gasteiger partial charge in [-0.05, 0) is 66.0 Å². The molecule has 0 aliphatic heterocycles. The number of aromatic hydroxyl groups is 3. The molecule has 5 rings (SSSR count). The highest BCUT2D eigenvalue weighted by atomic mass is 32.3. The van der Waals surface area contributed by atoms with Gasteiger partial charge in [-0.3, -0.25) is 13.3 Å². The van der Waals surface area contributed by atoms with Crippen molar-refractivity contribution in [2.24, 2.45) is 30.7 Å². The van der Waals surface area contributed by atoms with Crippen molar-refractivity contribution in [3.63, 3.8) is 0 Å². The summed E-state index contributed by atoms with van der Waals surface area (Å²) in [5.41, 5.74) is -3.49. The Morgan fingerprint density at radius 3 is 1.64 bits per heavy atom. The van der Waals surface area contributed by atoms with Crippen molar-refractivity contribution in [3.8, 4) is 17.2 Å². The molecule has 0 saturated carbocycles. The minimum Gasteiger partial charge on any atom is -0.504 e. The minimum absolute atomic E-state index is 0.00698. The Bertz CT molecular complexity index is 3220. The molecule has 69 heavy (non-hydrogen) atoms. The highest BCUT2D eigenvalue weighted by Gasteiger charge is 2.26. The number of benzene rings is 5. The Balaban J connectivity index is 1.63. The Hall–Kier alpha value is -5.11. The Labute approximate surface area is 399 Å². The van der Waals surface area contributed by atoms with E-state index in [1.165, 1.54) is 18.2 Å². The van der Waals surface area contributed by atoms with Crippen LogP contribution in [0.3, 0.4) is 0 Å². The van der Waals surface area contributed by atoms with Crippen LogP contribution in [-0.4, -0.2) is 98.6 Å². The quantitative estimate of drug-likeness (QED) is 0.00693. The van der Waals surface area contributed by atoms with Crippen LogP contribution in [0.2, 0.25) is 0 Å². The van der Waals surface area contributed by atoms with Crippen LogP contribution in [0.1, 0.15) is 0 Å². The summed E-state index contributed by atoms with van der Waals surface area (Å²) in [6, 6.07) is 13.4. The van der Waals surface area contributed by atoms with Gasteiger partial charge in [0.2, 0.25) is 0 Å². The predicted molar refractivity (Wildman–Crippen MR) is 232 cm³/mol. The number of sulfone groups is 2. The third kappa shape index (κ3) is 14.9. The van der Waals surface area contributed by atoms with E-state index in [-0.39, 0.29) is 66.9 Å². The number of rotatable bonds is 25. The Kier molecular flexibility index (Phi) is 19.2. The first-order valence-electron chi connectivity index (χ1n) is 17.6. The molecule has 0 aliphatic carbocycles. The second kappa shape index (κ2) is 24.1. The summed E-state index contributed by atoms with van der Waals surface area (Å²) in [6.07, 6.45) is 0. The van der Waals surface area contributed by atoms with E-state index in [1.807, 2.05) is 0 Å². The number of hydrogen-bond acceptors (Lipinski definition) is 31. The highest BCUT2D eigenvalue weighted by molar-refractivity contribution is 7.95. The summed E-state index contributed by atoms with van der Waals surface area (Å²) in [4.78, 5) is -1.65. The number of phenolic OH excluding ortho intramolecular Hbond substituents is 3. The molecule has 0 heterocycles. The van der Waals surface area contributed by atoms with Gasteiger partial charge in [0.05, 0.1) is 74.9 Å². The Morgan fingerprint density at radius 2 is 1.06 bits per heavy atom. The van der Waals surface area contributed by atoms with Crippen molar-refractivity contribution in [1.29, 1.82) is 0 Å². The molecule has 0 aromatic heterocycles. The molecule has 8 N–H and O–H groups in total. The summed E-state index contributed by atoms with van der Waals surface area (Å²) in [5.74, 6) is -5.01. The van der Waals surface area contributed by atoms with Gasteiger partial charge in [0.15, 0.2) is 66.3 Å². The Morgan fingerprint density at radius 1 is 0.522 bits per heavy atom. The maximum Gasteiger partial charge on any atom is 0.397 e. The second-order valence-corrected chi connectivity index (χ2v) is 21.1. The first kappa shape index (κ1) is 54.8. The number of hydrogen-bond donors (Lipinski definition) is 8. The summed E-state index contributed by atoms with van der Waals surface area (Å²) in [6.45, 7) is -1.39. The van der Waals surface area contributed by atoms with E-state index in [0.29, 0.717) is 12.0 Å². The van der Waals surface area contributed by atoms with E-state index < -0.39 is 109 Å². The molecule has 0 saturated heterocycles. The van der Waals surface area contributed by atoms with Crippen molar-refractivity contribution in [2.75, 3.05) is 24.7 Å². The standard InChI is InChI=1S/C32H28N6O24S7/c39-30-27(36-33-17-4-6-19(7-5-17)66(45,46)12-10-55-65-62-59-44)31(40)29(38-35-23-9-8-20(16-25(23)64-61-58-43)67(47,48)13-11-56-69(52,53)54)32(41)28(30)37-34-18-14-22-21(24(15-18)63-60-57-42)2-1-3-26(22)68(49,50)51/h1-9,14-16,39-44H,10-13H2,(H,49,50,51)(H,52,53,54). The molecule has 5 aromatic carbocycles. The van der Waals surface area contributed by atoms with Gasteiger partial charge < -0.3 is 15.3 Å². The molecule has 30 nitrogen and oxygen atoms in total. The van der Waals surface area contributed by atoms with E-state index in [0.717, 1.165) is 54.6 Å². The molecule has 0 fully saturated rings. The zero-order chi connectivity index (χ0) is 50.6. The summed E-state index contributed by atoms with van der Waals surface area (Å²) in [7, 11) is -18.2. The van der Waals surface area contributed by atoms with E-state index >= 15 is 0 Å². The van der Waals surface area contributed by atoms with E-state index in [2.05, 4.69) is 63.0 Å². The fraction of sp³-hybridized carbons (Fsp3) is 0.125. The van der Waals surface area contributed by atoms with E-state index in [9.17, 15) is 53.5 Å². The fourth-order valence-corrected chi connectivity index (χ4v) is 10.00. The summed E-state index contributed by atoms with van der Waals surface area (Å²) >= 11 is 0.664. The van der Waals surface area contributed by atoms with Crippen LogP contribution in [-0.2, 0) is 76.7 Å².